The van der Waals surface area contributed by atoms with Crippen LogP contribution in [0.15, 0.2) is 97.1 Å². The number of ether oxygens (including phenoxy) is 4. The lowest BCUT2D eigenvalue weighted by Crippen LogP contribution is -2.34. The number of nitrogens with one attached hydrogen (secondary N) is 2. The number of aromatic hydroxyl groups is 1. The molecule has 0 aliphatic carbocycles. The second-order valence-electron chi connectivity index (χ2n) is 22.1. The van der Waals surface area contributed by atoms with E-state index in [0.29, 0.717) is 48.6 Å². The van der Waals surface area contributed by atoms with E-state index in [0.717, 1.165) is 0 Å². The first-order chi connectivity index (χ1) is 31.7. The van der Waals surface area contributed by atoms with Gasteiger partial charge in [-0.05, 0) is 113 Å². The van der Waals surface area contributed by atoms with E-state index in [9.17, 15) is 19.2 Å². The molecule has 0 bridgehead atoms. The fourth-order valence-electron chi connectivity index (χ4n) is 5.74. The van der Waals surface area contributed by atoms with Crippen LogP contribution in [0.3, 0.4) is 0 Å². The van der Waals surface area contributed by atoms with Gasteiger partial charge in [-0.2, -0.15) is 0 Å². The summed E-state index contributed by atoms with van der Waals surface area (Å²) in [5.74, 6) is 1.14. The summed E-state index contributed by atoms with van der Waals surface area (Å²) in [6, 6.07) is 30.5. The van der Waals surface area contributed by atoms with E-state index < -0.39 is 17.7 Å². The highest BCUT2D eigenvalue weighted by atomic mass is 16.6. The minimum Gasteiger partial charge on any atom is -0.508 e. The molecular formula is C58H89N3O9. The van der Waals surface area contributed by atoms with Crippen molar-refractivity contribution in [2.45, 2.75) is 178 Å². The first-order valence-corrected chi connectivity index (χ1v) is 23.8. The van der Waals surface area contributed by atoms with Gasteiger partial charge in [0.05, 0.1) is 19.3 Å². The Kier molecular flexibility index (Phi) is 27.1. The van der Waals surface area contributed by atoms with E-state index in [1.54, 1.807) is 45.0 Å². The number of phenols is 1. The number of amides is 1. The van der Waals surface area contributed by atoms with Crippen molar-refractivity contribution in [3.05, 3.63) is 119 Å². The molecule has 4 aromatic rings. The van der Waals surface area contributed by atoms with Gasteiger partial charge in [0.15, 0.2) is 0 Å². The van der Waals surface area contributed by atoms with Crippen molar-refractivity contribution in [3.8, 4) is 23.0 Å². The number of hydrogen-bond donors (Lipinski definition) is 4. The van der Waals surface area contributed by atoms with Gasteiger partial charge in [-0.3, -0.25) is 14.4 Å². The van der Waals surface area contributed by atoms with Gasteiger partial charge in [0.2, 0.25) is 0 Å². The largest absolute Gasteiger partial charge is 0.508 e. The minimum atomic E-state index is -0.556. The number of rotatable bonds is 12. The van der Waals surface area contributed by atoms with Crippen molar-refractivity contribution in [2.24, 2.45) is 5.73 Å². The first-order valence-electron chi connectivity index (χ1n) is 23.8. The number of nitrogens with two attached hydrogens (primary N) is 1. The van der Waals surface area contributed by atoms with Crippen LogP contribution in [0.1, 0.15) is 167 Å². The molecule has 0 aliphatic rings. The molecule has 390 valence electrons. The summed E-state index contributed by atoms with van der Waals surface area (Å²) < 4.78 is 20.7. The van der Waals surface area contributed by atoms with E-state index in [4.69, 9.17) is 29.8 Å². The van der Waals surface area contributed by atoms with E-state index >= 15 is 0 Å². The third-order valence-corrected chi connectivity index (χ3v) is 9.82. The second-order valence-corrected chi connectivity index (χ2v) is 22.1. The molecule has 70 heavy (non-hydrogen) atoms. The molecule has 0 spiro atoms. The Balaban J connectivity index is 0.000000928. The summed E-state index contributed by atoms with van der Waals surface area (Å²) in [6.45, 7) is 36.3. The average molecular weight is 972 g/mol. The van der Waals surface area contributed by atoms with Crippen LogP contribution in [0, 0.1) is 0 Å². The zero-order chi connectivity index (χ0) is 52.8. The molecule has 0 aromatic heterocycles. The quantitative estimate of drug-likeness (QED) is 0.0785. The molecule has 0 heterocycles. The van der Waals surface area contributed by atoms with Gasteiger partial charge in [0.25, 0.3) is 0 Å². The maximum atomic E-state index is 11.7. The topological polar surface area (TPSA) is 176 Å². The fourth-order valence-corrected chi connectivity index (χ4v) is 5.74. The van der Waals surface area contributed by atoms with Crippen LogP contribution in [0.25, 0.3) is 0 Å². The summed E-state index contributed by atoms with van der Waals surface area (Å²) >= 11 is 0. The second kappa shape index (κ2) is 29.5. The van der Waals surface area contributed by atoms with Crippen LogP contribution < -0.4 is 30.6 Å². The van der Waals surface area contributed by atoms with Gasteiger partial charge >= 0.3 is 24.0 Å². The van der Waals surface area contributed by atoms with Gasteiger partial charge in [-0.1, -0.05) is 153 Å². The standard InChI is InChI=1S/C18H27NO4.C16H25NO2.C13H19NO2.C10H14O.CH4/c1-17(2,3)13-7-9-14(10-8-13)22-15(20)11-12-19-16(21)23-18(4,5)6;1-12(2)17-11-10-15(18)19-14-8-6-13(7-9-14)16(3,4)5;1-13(2,3)10-4-6-11(7-5-10)16-12(15)8-9-14;1-10(2,3)8-4-6-9(11)7-5-8;/h7-10H,11-12H2,1-6H3,(H,19,21);6-9,12,17H,10-11H2,1-5H3;4-7H,8-9,14H2,1-3H3;4-7,11H,1-3H3;1H4. The Hall–Kier alpha value is -5.72. The van der Waals surface area contributed by atoms with Crippen molar-refractivity contribution in [2.75, 3.05) is 19.6 Å². The third-order valence-electron chi connectivity index (χ3n) is 9.82. The van der Waals surface area contributed by atoms with Crippen LogP contribution in [-0.4, -0.2) is 60.4 Å². The summed E-state index contributed by atoms with van der Waals surface area (Å²) in [7, 11) is 0. The van der Waals surface area contributed by atoms with Crippen LogP contribution in [0.4, 0.5) is 4.79 Å². The summed E-state index contributed by atoms with van der Waals surface area (Å²) in [4.78, 5) is 46.0. The normalized spacial score (nSPS) is 11.4. The van der Waals surface area contributed by atoms with Crippen LogP contribution in [0.5, 0.6) is 23.0 Å². The van der Waals surface area contributed by atoms with Crippen LogP contribution in [0.2, 0.25) is 0 Å². The van der Waals surface area contributed by atoms with Crippen molar-refractivity contribution < 1.29 is 43.2 Å². The number of esters is 3. The van der Waals surface area contributed by atoms with Crippen molar-refractivity contribution >= 4 is 24.0 Å². The van der Waals surface area contributed by atoms with Crippen molar-refractivity contribution in [3.63, 3.8) is 0 Å². The molecule has 0 unspecified atom stereocenters. The maximum absolute atomic E-state index is 11.7. The Morgan fingerprint density at radius 1 is 0.486 bits per heavy atom. The number of alkyl carbamates (subject to hydrolysis) is 1. The number of carbonyl (C=O) groups excluding carboxylic acids is 4. The highest BCUT2D eigenvalue weighted by molar-refractivity contribution is 5.74. The fraction of sp³-hybridized carbons (Fsp3) is 0.517. The highest BCUT2D eigenvalue weighted by Gasteiger charge is 2.18. The number of benzene rings is 4. The monoisotopic (exact) mass is 972 g/mol. The molecule has 0 saturated carbocycles. The third kappa shape index (κ3) is 28.7. The van der Waals surface area contributed by atoms with Crippen LogP contribution >= 0.6 is 0 Å². The van der Waals surface area contributed by atoms with E-state index in [2.05, 4.69) is 108 Å². The Morgan fingerprint density at radius 2 is 0.771 bits per heavy atom. The molecule has 0 aliphatic heterocycles. The van der Waals surface area contributed by atoms with E-state index in [-0.39, 0.29) is 60.4 Å². The lowest BCUT2D eigenvalue weighted by molar-refractivity contribution is -0.135. The Morgan fingerprint density at radius 3 is 1.04 bits per heavy atom. The molecule has 1 amide bonds. The zero-order valence-corrected chi connectivity index (χ0v) is 44.8. The first kappa shape index (κ1) is 64.3. The number of carbonyl (C=O) groups is 4. The van der Waals surface area contributed by atoms with Gasteiger partial charge in [0, 0.05) is 25.7 Å². The molecule has 4 aromatic carbocycles. The summed E-state index contributed by atoms with van der Waals surface area (Å²) in [5.41, 5.74) is 10.0. The van der Waals surface area contributed by atoms with Gasteiger partial charge < -0.3 is 40.4 Å². The minimum absolute atomic E-state index is 0. The number of hydrogen-bond acceptors (Lipinski definition) is 11. The molecule has 0 saturated heterocycles. The Labute approximate surface area is 421 Å². The van der Waals surface area contributed by atoms with Gasteiger partial charge in [0.1, 0.15) is 28.6 Å². The predicted octanol–water partition coefficient (Wildman–Crippen LogP) is 12.6. The zero-order valence-electron chi connectivity index (χ0n) is 44.8. The molecule has 0 atom stereocenters. The SMILES string of the molecule is C.CC(C)(C)OC(=O)NCCC(=O)Oc1ccc(C(C)(C)C)cc1.CC(C)(C)c1ccc(O)cc1.CC(C)(C)c1ccc(OC(=O)CCN)cc1.CC(C)NCCC(=O)Oc1ccc(C(C)(C)C)cc1. The lowest BCUT2D eigenvalue weighted by Gasteiger charge is -2.19. The summed E-state index contributed by atoms with van der Waals surface area (Å²) in [6.07, 6.45) is 0.181. The molecule has 4 rings (SSSR count). The molecular weight excluding hydrogens is 883 g/mol. The maximum Gasteiger partial charge on any atom is 0.407 e. The van der Waals surface area contributed by atoms with Gasteiger partial charge in [-0.25, -0.2) is 4.79 Å². The molecule has 5 N–H and O–H groups in total. The number of phenolic OH excluding ortho intramolecular Hbond substituents is 1. The Bertz CT molecular complexity index is 2130. The van der Waals surface area contributed by atoms with Gasteiger partial charge in [-0.15, -0.1) is 0 Å². The lowest BCUT2D eigenvalue weighted by atomic mass is 9.87. The van der Waals surface area contributed by atoms with Crippen molar-refractivity contribution in [1.82, 2.24) is 10.6 Å². The van der Waals surface area contributed by atoms with E-state index in [1.807, 2.05) is 72.8 Å². The smallest absolute Gasteiger partial charge is 0.407 e. The van der Waals surface area contributed by atoms with E-state index in [1.165, 1.54) is 22.3 Å². The highest BCUT2D eigenvalue weighted by Crippen LogP contribution is 2.27. The molecule has 0 radical (unpaired) electrons. The average Bonchev–Trinajstić information content (AvgIpc) is 3.20. The van der Waals surface area contributed by atoms with Crippen LogP contribution in [-0.2, 0) is 40.8 Å². The molecule has 12 nitrogen and oxygen atoms in total. The summed E-state index contributed by atoms with van der Waals surface area (Å²) in [5, 5.41) is 14.7. The predicted molar refractivity (Wildman–Crippen MR) is 286 cm³/mol. The molecule has 0 fully saturated rings. The van der Waals surface area contributed by atoms with Crippen molar-refractivity contribution in [1.29, 1.82) is 0 Å². The molecule has 12 heteroatoms.